The number of rotatable bonds is 8. The third kappa shape index (κ3) is 6.98. The zero-order valence-electron chi connectivity index (χ0n) is 14.5. The van der Waals surface area contributed by atoms with Crippen molar-refractivity contribution in [3.8, 4) is 0 Å². The first-order valence-corrected chi connectivity index (χ1v) is 8.71. The normalized spacial score (nSPS) is 13.4. The summed E-state index contributed by atoms with van der Waals surface area (Å²) < 4.78 is 0. The standard InChI is InChI=1S/C20H23ClN2O2/c1-15(8-9-17-6-4-3-5-7-17)23-20(24)16(2)25-22-14-18-10-12-19(21)13-11-18/h3-7,10-16H,8-9H2,1-2H3,(H,23,24)/b22-14+. The van der Waals surface area contributed by atoms with Crippen molar-refractivity contribution in [3.05, 3.63) is 70.7 Å². The zero-order chi connectivity index (χ0) is 18.1. The van der Waals surface area contributed by atoms with Crippen molar-refractivity contribution in [1.29, 1.82) is 0 Å². The number of carbonyl (C=O) groups is 1. The molecule has 0 bridgehead atoms. The van der Waals surface area contributed by atoms with E-state index in [4.69, 9.17) is 16.4 Å². The fourth-order valence-corrected chi connectivity index (χ4v) is 2.37. The predicted octanol–water partition coefficient (Wildman–Crippen LogP) is 4.22. The molecule has 0 radical (unpaired) electrons. The van der Waals surface area contributed by atoms with E-state index in [0.717, 1.165) is 18.4 Å². The highest BCUT2D eigenvalue weighted by molar-refractivity contribution is 6.30. The Morgan fingerprint density at radius 1 is 1.16 bits per heavy atom. The van der Waals surface area contributed by atoms with Crippen LogP contribution in [0, 0.1) is 0 Å². The molecule has 0 aliphatic heterocycles. The van der Waals surface area contributed by atoms with Crippen LogP contribution in [0.3, 0.4) is 0 Å². The van der Waals surface area contributed by atoms with Gasteiger partial charge < -0.3 is 10.2 Å². The summed E-state index contributed by atoms with van der Waals surface area (Å²) in [6, 6.07) is 17.5. The molecule has 0 aromatic heterocycles. The molecule has 25 heavy (non-hydrogen) atoms. The first-order valence-electron chi connectivity index (χ1n) is 8.33. The molecule has 132 valence electrons. The van der Waals surface area contributed by atoms with Crippen LogP contribution in [0.4, 0.5) is 0 Å². The van der Waals surface area contributed by atoms with E-state index in [9.17, 15) is 4.79 Å². The van der Waals surface area contributed by atoms with Crippen LogP contribution in [0.1, 0.15) is 31.4 Å². The smallest absolute Gasteiger partial charge is 0.263 e. The molecule has 0 saturated carbocycles. The van der Waals surface area contributed by atoms with Crippen molar-refractivity contribution >= 4 is 23.7 Å². The van der Waals surface area contributed by atoms with Crippen LogP contribution in [0.25, 0.3) is 0 Å². The third-order valence-electron chi connectivity index (χ3n) is 3.76. The fraction of sp³-hybridized carbons (Fsp3) is 0.300. The fourth-order valence-electron chi connectivity index (χ4n) is 2.24. The van der Waals surface area contributed by atoms with Crippen LogP contribution in [-0.4, -0.2) is 24.3 Å². The molecule has 1 amide bonds. The van der Waals surface area contributed by atoms with Gasteiger partial charge >= 0.3 is 0 Å². The summed E-state index contributed by atoms with van der Waals surface area (Å²) in [4.78, 5) is 17.4. The molecule has 2 aromatic carbocycles. The number of amides is 1. The van der Waals surface area contributed by atoms with Gasteiger partial charge in [0.05, 0.1) is 6.21 Å². The van der Waals surface area contributed by atoms with Crippen molar-refractivity contribution in [2.24, 2.45) is 5.16 Å². The summed E-state index contributed by atoms with van der Waals surface area (Å²) in [6.07, 6.45) is 2.70. The summed E-state index contributed by atoms with van der Waals surface area (Å²) in [6.45, 7) is 3.67. The minimum Gasteiger partial charge on any atom is -0.383 e. The number of oxime groups is 1. The number of hydrogen-bond donors (Lipinski definition) is 1. The Hall–Kier alpha value is -2.33. The number of benzene rings is 2. The molecule has 4 nitrogen and oxygen atoms in total. The van der Waals surface area contributed by atoms with Gasteiger partial charge in [0.25, 0.3) is 5.91 Å². The Morgan fingerprint density at radius 3 is 2.52 bits per heavy atom. The predicted molar refractivity (Wildman–Crippen MR) is 102 cm³/mol. The van der Waals surface area contributed by atoms with Gasteiger partial charge in [-0.15, -0.1) is 0 Å². The largest absolute Gasteiger partial charge is 0.383 e. The maximum atomic E-state index is 12.1. The Kier molecular flexibility index (Phi) is 7.48. The molecule has 0 spiro atoms. The molecule has 0 saturated heterocycles. The van der Waals surface area contributed by atoms with Crippen molar-refractivity contribution in [3.63, 3.8) is 0 Å². The maximum Gasteiger partial charge on any atom is 0.263 e. The van der Waals surface area contributed by atoms with Crippen LogP contribution >= 0.6 is 11.6 Å². The van der Waals surface area contributed by atoms with Crippen LogP contribution in [0.2, 0.25) is 5.02 Å². The monoisotopic (exact) mass is 358 g/mol. The Labute approximate surface area is 153 Å². The lowest BCUT2D eigenvalue weighted by Crippen LogP contribution is -2.39. The average molecular weight is 359 g/mol. The number of hydrogen-bond acceptors (Lipinski definition) is 3. The van der Waals surface area contributed by atoms with Gasteiger partial charge in [-0.05, 0) is 49.9 Å². The summed E-state index contributed by atoms with van der Waals surface area (Å²) in [5.74, 6) is -0.172. The number of halogens is 1. The summed E-state index contributed by atoms with van der Waals surface area (Å²) in [7, 11) is 0. The van der Waals surface area contributed by atoms with E-state index in [0.29, 0.717) is 5.02 Å². The Bertz CT molecular complexity index is 687. The van der Waals surface area contributed by atoms with Gasteiger partial charge in [0.2, 0.25) is 6.10 Å². The van der Waals surface area contributed by atoms with Crippen molar-refractivity contribution in [1.82, 2.24) is 5.32 Å². The van der Waals surface area contributed by atoms with Gasteiger partial charge in [-0.3, -0.25) is 4.79 Å². The van der Waals surface area contributed by atoms with Gasteiger partial charge in [0, 0.05) is 11.1 Å². The lowest BCUT2D eigenvalue weighted by Gasteiger charge is -2.16. The lowest BCUT2D eigenvalue weighted by atomic mass is 10.1. The molecular weight excluding hydrogens is 336 g/mol. The molecule has 2 unspecified atom stereocenters. The maximum absolute atomic E-state index is 12.1. The number of aryl methyl sites for hydroxylation is 1. The summed E-state index contributed by atoms with van der Waals surface area (Å²) in [5, 5.41) is 7.48. The van der Waals surface area contributed by atoms with Crippen molar-refractivity contribution < 1.29 is 9.63 Å². The molecule has 0 aliphatic carbocycles. The first kappa shape index (κ1) is 19.0. The zero-order valence-corrected chi connectivity index (χ0v) is 15.2. The minimum atomic E-state index is -0.650. The second-order valence-electron chi connectivity index (χ2n) is 5.97. The highest BCUT2D eigenvalue weighted by Gasteiger charge is 2.16. The van der Waals surface area contributed by atoms with Gasteiger partial charge in [-0.25, -0.2) is 0 Å². The highest BCUT2D eigenvalue weighted by atomic mass is 35.5. The van der Waals surface area contributed by atoms with E-state index >= 15 is 0 Å². The molecule has 5 heteroatoms. The molecule has 1 N–H and O–H groups in total. The number of carbonyl (C=O) groups excluding carboxylic acids is 1. The minimum absolute atomic E-state index is 0.0685. The molecule has 0 aliphatic rings. The molecule has 2 rings (SSSR count). The molecule has 2 atom stereocenters. The second-order valence-corrected chi connectivity index (χ2v) is 6.40. The number of nitrogens with zero attached hydrogens (tertiary/aromatic N) is 1. The van der Waals surface area contributed by atoms with E-state index in [1.165, 1.54) is 5.56 Å². The van der Waals surface area contributed by atoms with Crippen LogP contribution in [-0.2, 0) is 16.1 Å². The van der Waals surface area contributed by atoms with E-state index in [1.807, 2.05) is 37.3 Å². The second kappa shape index (κ2) is 9.84. The van der Waals surface area contributed by atoms with Gasteiger partial charge in [-0.2, -0.15) is 0 Å². The quantitative estimate of drug-likeness (QED) is 0.567. The van der Waals surface area contributed by atoms with Crippen LogP contribution in [0.15, 0.2) is 59.8 Å². The van der Waals surface area contributed by atoms with Gasteiger partial charge in [0.1, 0.15) is 0 Å². The Balaban J connectivity index is 1.72. The molecule has 0 heterocycles. The third-order valence-corrected chi connectivity index (χ3v) is 4.01. The topological polar surface area (TPSA) is 50.7 Å². The highest BCUT2D eigenvalue weighted by Crippen LogP contribution is 2.08. The van der Waals surface area contributed by atoms with Gasteiger partial charge in [0.15, 0.2) is 0 Å². The molecule has 2 aromatic rings. The summed E-state index contributed by atoms with van der Waals surface area (Å²) >= 11 is 5.82. The van der Waals surface area contributed by atoms with E-state index < -0.39 is 6.10 Å². The SMILES string of the molecule is CC(CCc1ccccc1)NC(=O)C(C)O/N=C/c1ccc(Cl)cc1. The van der Waals surface area contributed by atoms with E-state index in [1.54, 1.807) is 25.3 Å². The molecular formula is C20H23ClN2O2. The lowest BCUT2D eigenvalue weighted by molar-refractivity contribution is -0.132. The van der Waals surface area contributed by atoms with Crippen molar-refractivity contribution in [2.45, 2.75) is 38.8 Å². The first-order chi connectivity index (χ1) is 12.0. The van der Waals surface area contributed by atoms with Crippen LogP contribution in [0.5, 0.6) is 0 Å². The number of nitrogens with one attached hydrogen (secondary N) is 1. The summed E-state index contributed by atoms with van der Waals surface area (Å²) in [5.41, 5.74) is 2.12. The van der Waals surface area contributed by atoms with Crippen molar-refractivity contribution in [2.75, 3.05) is 0 Å². The van der Waals surface area contributed by atoms with E-state index in [2.05, 4.69) is 22.6 Å². The molecule has 0 fully saturated rings. The van der Waals surface area contributed by atoms with E-state index in [-0.39, 0.29) is 11.9 Å². The Morgan fingerprint density at radius 2 is 1.84 bits per heavy atom. The average Bonchev–Trinajstić information content (AvgIpc) is 2.62. The van der Waals surface area contributed by atoms with Gasteiger partial charge in [-0.1, -0.05) is 59.2 Å². The van der Waals surface area contributed by atoms with Crippen LogP contribution < -0.4 is 5.32 Å².